The second-order valence-electron chi connectivity index (χ2n) is 4.52. The first-order valence-corrected chi connectivity index (χ1v) is 5.33. The van der Waals surface area contributed by atoms with Crippen LogP contribution in [0, 0.1) is 5.41 Å². The zero-order valence-corrected chi connectivity index (χ0v) is 8.79. The summed E-state index contributed by atoms with van der Waals surface area (Å²) in [4.78, 5) is 24.5. The van der Waals surface area contributed by atoms with Crippen LogP contribution in [0.1, 0.15) is 19.3 Å². The van der Waals surface area contributed by atoms with E-state index in [0.29, 0.717) is 19.5 Å². The minimum Gasteiger partial charge on any atom is -0.355 e. The van der Waals surface area contributed by atoms with E-state index in [-0.39, 0.29) is 17.2 Å². The van der Waals surface area contributed by atoms with Crippen molar-refractivity contribution in [3.8, 4) is 0 Å². The average Bonchev–Trinajstić information content (AvgIpc) is 2.59. The summed E-state index contributed by atoms with van der Waals surface area (Å²) in [6, 6.07) is 0. The Hall–Kier alpha value is -1.32. The number of carbonyl (C=O) groups excluding carboxylic acids is 2. The number of likely N-dealkylation sites (tertiary alicyclic amines) is 1. The molecule has 1 atom stereocenters. The van der Waals surface area contributed by atoms with Gasteiger partial charge in [0.2, 0.25) is 11.8 Å². The lowest BCUT2D eigenvalue weighted by molar-refractivity contribution is -0.130. The van der Waals surface area contributed by atoms with E-state index in [9.17, 15) is 9.59 Å². The molecule has 2 aliphatic rings. The van der Waals surface area contributed by atoms with Crippen molar-refractivity contribution in [2.24, 2.45) is 5.41 Å². The lowest BCUT2D eigenvalue weighted by Crippen LogP contribution is -2.46. The summed E-state index contributed by atoms with van der Waals surface area (Å²) >= 11 is 0. The molecule has 15 heavy (non-hydrogen) atoms. The molecule has 2 fully saturated rings. The van der Waals surface area contributed by atoms with Gasteiger partial charge in [-0.3, -0.25) is 9.59 Å². The molecule has 0 aliphatic carbocycles. The van der Waals surface area contributed by atoms with Crippen molar-refractivity contribution in [3.05, 3.63) is 12.7 Å². The Morgan fingerprint density at radius 2 is 2.40 bits per heavy atom. The molecule has 2 saturated heterocycles. The first-order valence-electron chi connectivity index (χ1n) is 5.33. The highest BCUT2D eigenvalue weighted by molar-refractivity contribution is 5.87. The third kappa shape index (κ3) is 1.89. The summed E-state index contributed by atoms with van der Waals surface area (Å²) in [5, 5.41) is 2.85. The maximum Gasteiger partial charge on any atom is 0.245 e. The van der Waals surface area contributed by atoms with Crippen molar-refractivity contribution >= 4 is 11.8 Å². The third-order valence-corrected chi connectivity index (χ3v) is 3.34. The third-order valence-electron chi connectivity index (χ3n) is 3.34. The number of rotatable bonds is 1. The fraction of sp³-hybridized carbons (Fsp3) is 0.636. The summed E-state index contributed by atoms with van der Waals surface area (Å²) in [6.07, 6.45) is 3.93. The lowest BCUT2D eigenvalue weighted by Gasteiger charge is -2.38. The van der Waals surface area contributed by atoms with Crippen LogP contribution < -0.4 is 5.32 Å². The van der Waals surface area contributed by atoms with Gasteiger partial charge in [0.05, 0.1) is 0 Å². The molecule has 0 aromatic rings. The Labute approximate surface area is 89.3 Å². The molecule has 1 N–H and O–H groups in total. The minimum atomic E-state index is -0.0200. The van der Waals surface area contributed by atoms with E-state index >= 15 is 0 Å². The molecule has 82 valence electrons. The molecule has 1 unspecified atom stereocenters. The summed E-state index contributed by atoms with van der Waals surface area (Å²) in [5.74, 6) is 0.0938. The largest absolute Gasteiger partial charge is 0.355 e. The molecular formula is C11H16N2O2. The van der Waals surface area contributed by atoms with E-state index in [2.05, 4.69) is 11.9 Å². The van der Waals surface area contributed by atoms with Crippen LogP contribution in [0.25, 0.3) is 0 Å². The monoisotopic (exact) mass is 208 g/mol. The van der Waals surface area contributed by atoms with Gasteiger partial charge in [-0.05, 0) is 18.9 Å². The first-order chi connectivity index (χ1) is 7.15. The zero-order chi connectivity index (χ0) is 10.9. The van der Waals surface area contributed by atoms with Crippen LogP contribution >= 0.6 is 0 Å². The Morgan fingerprint density at radius 3 is 3.00 bits per heavy atom. The maximum atomic E-state index is 11.5. The molecular weight excluding hydrogens is 192 g/mol. The number of carbonyl (C=O) groups is 2. The number of hydrogen-bond acceptors (Lipinski definition) is 2. The molecule has 1 spiro atoms. The SMILES string of the molecule is C=CC(=O)N1CCCC2(CNC(=O)C2)C1. The Bertz CT molecular complexity index is 314. The van der Waals surface area contributed by atoms with Crippen molar-refractivity contribution in [2.75, 3.05) is 19.6 Å². The normalized spacial score (nSPS) is 30.4. The van der Waals surface area contributed by atoms with Crippen LogP contribution in [0.2, 0.25) is 0 Å². The molecule has 4 heteroatoms. The second kappa shape index (κ2) is 3.68. The zero-order valence-electron chi connectivity index (χ0n) is 8.79. The molecule has 0 aromatic heterocycles. The molecule has 2 heterocycles. The number of amides is 2. The van der Waals surface area contributed by atoms with E-state index in [4.69, 9.17) is 0 Å². The maximum absolute atomic E-state index is 11.5. The van der Waals surface area contributed by atoms with Gasteiger partial charge in [-0.15, -0.1) is 0 Å². The van der Waals surface area contributed by atoms with Crippen LogP contribution in [0.4, 0.5) is 0 Å². The molecule has 0 aromatic carbocycles. The standard InChI is InChI=1S/C11H16N2O2/c1-2-10(15)13-5-3-4-11(8-13)6-9(14)12-7-11/h2H,1,3-8H2,(H,12,14). The molecule has 2 amide bonds. The smallest absolute Gasteiger partial charge is 0.245 e. The Kier molecular flexibility index (Phi) is 2.50. The highest BCUT2D eigenvalue weighted by Gasteiger charge is 2.42. The molecule has 2 rings (SSSR count). The number of hydrogen-bond donors (Lipinski definition) is 1. The molecule has 4 nitrogen and oxygen atoms in total. The quantitative estimate of drug-likeness (QED) is 0.630. The summed E-state index contributed by atoms with van der Waals surface area (Å²) in [5.41, 5.74) is -0.00595. The topological polar surface area (TPSA) is 49.4 Å². The van der Waals surface area contributed by atoms with Crippen molar-refractivity contribution < 1.29 is 9.59 Å². The molecule has 0 saturated carbocycles. The predicted molar refractivity (Wildman–Crippen MR) is 56.1 cm³/mol. The van der Waals surface area contributed by atoms with Crippen molar-refractivity contribution in [3.63, 3.8) is 0 Å². The van der Waals surface area contributed by atoms with Crippen molar-refractivity contribution in [2.45, 2.75) is 19.3 Å². The van der Waals surface area contributed by atoms with Gasteiger partial charge in [-0.2, -0.15) is 0 Å². The van der Waals surface area contributed by atoms with E-state index in [0.717, 1.165) is 19.4 Å². The molecule has 2 aliphatic heterocycles. The van der Waals surface area contributed by atoms with Gasteiger partial charge >= 0.3 is 0 Å². The summed E-state index contributed by atoms with van der Waals surface area (Å²) < 4.78 is 0. The Balaban J connectivity index is 2.07. The highest BCUT2D eigenvalue weighted by Crippen LogP contribution is 2.35. The van der Waals surface area contributed by atoms with Gasteiger partial charge < -0.3 is 10.2 Å². The summed E-state index contributed by atoms with van der Waals surface area (Å²) in [7, 11) is 0. The van der Waals surface area contributed by atoms with Crippen LogP contribution in [-0.2, 0) is 9.59 Å². The van der Waals surface area contributed by atoms with Gasteiger partial charge in [0.1, 0.15) is 0 Å². The molecule has 0 bridgehead atoms. The van der Waals surface area contributed by atoms with Gasteiger partial charge in [-0.25, -0.2) is 0 Å². The van der Waals surface area contributed by atoms with Gasteiger partial charge in [0, 0.05) is 31.5 Å². The van der Waals surface area contributed by atoms with E-state index < -0.39 is 0 Å². The molecule has 0 radical (unpaired) electrons. The van der Waals surface area contributed by atoms with Crippen LogP contribution in [0.15, 0.2) is 12.7 Å². The number of nitrogens with one attached hydrogen (secondary N) is 1. The van der Waals surface area contributed by atoms with Crippen molar-refractivity contribution in [1.29, 1.82) is 0 Å². The lowest BCUT2D eigenvalue weighted by atomic mass is 9.79. The number of nitrogens with zero attached hydrogens (tertiary/aromatic N) is 1. The van der Waals surface area contributed by atoms with Gasteiger partial charge in [-0.1, -0.05) is 6.58 Å². The summed E-state index contributed by atoms with van der Waals surface area (Å²) in [6.45, 7) is 5.69. The van der Waals surface area contributed by atoms with Crippen LogP contribution in [0.5, 0.6) is 0 Å². The van der Waals surface area contributed by atoms with E-state index in [1.165, 1.54) is 6.08 Å². The van der Waals surface area contributed by atoms with Gasteiger partial charge in [0.25, 0.3) is 0 Å². The van der Waals surface area contributed by atoms with E-state index in [1.54, 1.807) is 4.90 Å². The fourth-order valence-electron chi connectivity index (χ4n) is 2.57. The predicted octanol–water partition coefficient (Wildman–Crippen LogP) is 0.301. The van der Waals surface area contributed by atoms with Crippen LogP contribution in [-0.4, -0.2) is 36.3 Å². The highest BCUT2D eigenvalue weighted by atomic mass is 16.2. The van der Waals surface area contributed by atoms with E-state index in [1.807, 2.05) is 0 Å². The van der Waals surface area contributed by atoms with Crippen LogP contribution in [0.3, 0.4) is 0 Å². The fourth-order valence-corrected chi connectivity index (χ4v) is 2.57. The van der Waals surface area contributed by atoms with Crippen molar-refractivity contribution in [1.82, 2.24) is 10.2 Å². The average molecular weight is 208 g/mol. The second-order valence-corrected chi connectivity index (χ2v) is 4.52. The van der Waals surface area contributed by atoms with Gasteiger partial charge in [0.15, 0.2) is 0 Å². The number of piperidine rings is 1. The Morgan fingerprint density at radius 1 is 1.60 bits per heavy atom. The minimum absolute atomic E-state index is 0.00595. The first kappa shape index (κ1) is 10.2.